The predicted octanol–water partition coefficient (Wildman–Crippen LogP) is 3.97. The van der Waals surface area contributed by atoms with E-state index in [1.54, 1.807) is 52.6 Å². The van der Waals surface area contributed by atoms with Crippen LogP contribution in [0.25, 0.3) is 16.6 Å². The number of carbonyl (C=O) groups excluding carboxylic acids is 1. The molecule has 0 aliphatic carbocycles. The van der Waals surface area contributed by atoms with Gasteiger partial charge in [-0.2, -0.15) is 5.10 Å². The first-order valence-corrected chi connectivity index (χ1v) is 9.97. The summed E-state index contributed by atoms with van der Waals surface area (Å²) in [5.41, 5.74) is 3.17. The van der Waals surface area contributed by atoms with Crippen molar-refractivity contribution < 1.29 is 18.8 Å². The van der Waals surface area contributed by atoms with Gasteiger partial charge in [-0.05, 0) is 35.2 Å². The van der Waals surface area contributed by atoms with Crippen molar-refractivity contribution >= 4 is 37.3 Å². The number of nitrogens with zero attached hydrogens (tertiary/aromatic N) is 2. The maximum atomic E-state index is 12.2. The standard InChI is InChI=1S/C18H16N3O4PS/c1-21-18(16-3-2-10-27-16)14(11-19-21)6-9-17(22)20-15-7-4-13(5-8-15)12-25-26(23)24/h2-11H,12H2,1H3,(H-,20,22,23,24)/p+1. The molecule has 2 aromatic heterocycles. The highest BCUT2D eigenvalue weighted by Crippen LogP contribution is 2.28. The van der Waals surface area contributed by atoms with Gasteiger partial charge in [-0.3, -0.25) is 9.48 Å². The SMILES string of the molecule is Cn1ncc(C=CC(=O)Nc2ccc(CO[P+](=O)O)cc2)c1-c1cccs1. The number of anilines is 1. The molecule has 3 rings (SSSR count). The molecule has 0 aliphatic heterocycles. The fourth-order valence-electron chi connectivity index (χ4n) is 2.45. The number of amides is 1. The first kappa shape index (κ1) is 19.1. The van der Waals surface area contributed by atoms with Crippen LogP contribution in [0.1, 0.15) is 11.1 Å². The van der Waals surface area contributed by atoms with Gasteiger partial charge in [-0.1, -0.05) is 18.2 Å². The fraction of sp³-hybridized carbons (Fsp3) is 0.111. The maximum absolute atomic E-state index is 12.2. The van der Waals surface area contributed by atoms with Gasteiger partial charge >= 0.3 is 8.25 Å². The molecule has 1 amide bonds. The number of hydrogen-bond acceptors (Lipinski definition) is 5. The lowest BCUT2D eigenvalue weighted by Gasteiger charge is -2.03. The monoisotopic (exact) mass is 402 g/mol. The Morgan fingerprint density at radius 3 is 2.81 bits per heavy atom. The van der Waals surface area contributed by atoms with E-state index < -0.39 is 8.25 Å². The van der Waals surface area contributed by atoms with Crippen molar-refractivity contribution in [2.75, 3.05) is 5.32 Å². The summed E-state index contributed by atoms with van der Waals surface area (Å²) >= 11 is 1.61. The van der Waals surface area contributed by atoms with Gasteiger partial charge in [0.2, 0.25) is 5.91 Å². The minimum atomic E-state index is -2.62. The number of rotatable bonds is 7. The van der Waals surface area contributed by atoms with E-state index in [1.807, 2.05) is 24.6 Å². The molecule has 1 unspecified atom stereocenters. The zero-order chi connectivity index (χ0) is 19.2. The number of hydrogen-bond donors (Lipinski definition) is 2. The molecule has 0 spiro atoms. The summed E-state index contributed by atoms with van der Waals surface area (Å²) in [6.07, 6.45) is 4.92. The lowest BCUT2D eigenvalue weighted by Crippen LogP contribution is -2.07. The Labute approximate surface area is 160 Å². The van der Waals surface area contributed by atoms with Crippen LogP contribution in [0.4, 0.5) is 5.69 Å². The molecule has 0 aliphatic rings. The average Bonchev–Trinajstić information content (AvgIpc) is 3.28. The van der Waals surface area contributed by atoms with Gasteiger partial charge < -0.3 is 5.32 Å². The van der Waals surface area contributed by atoms with Crippen LogP contribution in [0.15, 0.2) is 54.1 Å². The second-order valence-electron chi connectivity index (χ2n) is 5.58. The Morgan fingerprint density at radius 1 is 1.37 bits per heavy atom. The van der Waals surface area contributed by atoms with E-state index in [2.05, 4.69) is 14.9 Å². The van der Waals surface area contributed by atoms with Crippen molar-refractivity contribution in [3.8, 4) is 10.6 Å². The lowest BCUT2D eigenvalue weighted by molar-refractivity contribution is -0.111. The average molecular weight is 402 g/mol. The first-order valence-electron chi connectivity index (χ1n) is 7.96. The number of benzene rings is 1. The Kier molecular flexibility index (Phi) is 6.26. The number of thiophene rings is 1. The highest BCUT2D eigenvalue weighted by Gasteiger charge is 2.12. The van der Waals surface area contributed by atoms with Crippen LogP contribution < -0.4 is 5.32 Å². The first-order chi connectivity index (χ1) is 13.0. The Morgan fingerprint density at radius 2 is 2.15 bits per heavy atom. The third-order valence-electron chi connectivity index (χ3n) is 3.70. The molecule has 0 fully saturated rings. The minimum Gasteiger partial charge on any atom is -0.323 e. The highest BCUT2D eigenvalue weighted by atomic mass is 32.1. The zero-order valence-corrected chi connectivity index (χ0v) is 16.1. The topological polar surface area (TPSA) is 93.5 Å². The van der Waals surface area contributed by atoms with Gasteiger partial charge in [0.15, 0.2) is 0 Å². The molecular formula is C18H17N3O4PS+. The molecule has 1 aromatic carbocycles. The fourth-order valence-corrected chi connectivity index (χ4v) is 3.54. The Bertz CT molecular complexity index is 965. The second kappa shape index (κ2) is 8.83. The summed E-state index contributed by atoms with van der Waals surface area (Å²) in [4.78, 5) is 21.9. The molecule has 138 valence electrons. The molecule has 3 aromatic rings. The van der Waals surface area contributed by atoms with Crippen molar-refractivity contribution in [2.24, 2.45) is 7.05 Å². The van der Waals surface area contributed by atoms with Gasteiger partial charge in [0.05, 0.1) is 16.8 Å². The summed E-state index contributed by atoms with van der Waals surface area (Å²) in [7, 11) is -0.757. The minimum absolute atomic E-state index is 0.0341. The molecule has 9 heteroatoms. The van der Waals surface area contributed by atoms with E-state index in [-0.39, 0.29) is 12.5 Å². The zero-order valence-electron chi connectivity index (χ0n) is 14.4. The van der Waals surface area contributed by atoms with Crippen molar-refractivity contribution in [1.29, 1.82) is 0 Å². The van der Waals surface area contributed by atoms with Gasteiger partial charge in [-0.15, -0.1) is 20.8 Å². The third kappa shape index (κ3) is 5.18. The van der Waals surface area contributed by atoms with E-state index in [0.717, 1.165) is 21.7 Å². The lowest BCUT2D eigenvalue weighted by atomic mass is 10.2. The van der Waals surface area contributed by atoms with Crippen LogP contribution >= 0.6 is 19.6 Å². The van der Waals surface area contributed by atoms with E-state index in [4.69, 9.17) is 4.89 Å². The molecule has 0 saturated heterocycles. The molecule has 2 heterocycles. The van der Waals surface area contributed by atoms with Crippen molar-refractivity contribution in [3.05, 3.63) is 65.2 Å². The Balaban J connectivity index is 1.64. The number of nitrogens with one attached hydrogen (secondary N) is 1. The largest absolute Gasteiger partial charge is 0.695 e. The van der Waals surface area contributed by atoms with E-state index in [9.17, 15) is 9.36 Å². The summed E-state index contributed by atoms with van der Waals surface area (Å²) < 4.78 is 17.0. The normalized spacial score (nSPS) is 11.7. The van der Waals surface area contributed by atoms with Crippen LogP contribution in [-0.2, 0) is 27.5 Å². The molecule has 2 N–H and O–H groups in total. The quantitative estimate of drug-likeness (QED) is 0.461. The number of carbonyl (C=O) groups is 1. The molecular weight excluding hydrogens is 385 g/mol. The van der Waals surface area contributed by atoms with Crippen LogP contribution in [0.5, 0.6) is 0 Å². The molecule has 0 radical (unpaired) electrons. The molecule has 0 saturated carbocycles. The molecule has 0 bridgehead atoms. The van der Waals surface area contributed by atoms with Crippen LogP contribution in [-0.4, -0.2) is 20.6 Å². The molecule has 27 heavy (non-hydrogen) atoms. The van der Waals surface area contributed by atoms with E-state index >= 15 is 0 Å². The van der Waals surface area contributed by atoms with Gasteiger partial charge in [0, 0.05) is 28.9 Å². The molecule has 1 atom stereocenters. The second-order valence-corrected chi connectivity index (χ2v) is 7.26. The van der Waals surface area contributed by atoms with E-state index in [0.29, 0.717) is 5.69 Å². The van der Waals surface area contributed by atoms with Crippen LogP contribution in [0.2, 0.25) is 0 Å². The van der Waals surface area contributed by atoms with Crippen LogP contribution in [0.3, 0.4) is 0 Å². The van der Waals surface area contributed by atoms with Gasteiger partial charge in [-0.25, -0.2) is 0 Å². The smallest absolute Gasteiger partial charge is 0.323 e. The number of aryl methyl sites for hydroxylation is 1. The summed E-state index contributed by atoms with van der Waals surface area (Å²) in [5.74, 6) is -0.265. The van der Waals surface area contributed by atoms with E-state index in [1.165, 1.54) is 6.08 Å². The highest BCUT2D eigenvalue weighted by molar-refractivity contribution is 7.32. The summed E-state index contributed by atoms with van der Waals surface area (Å²) in [6, 6.07) is 10.8. The van der Waals surface area contributed by atoms with Crippen molar-refractivity contribution in [1.82, 2.24) is 9.78 Å². The maximum Gasteiger partial charge on any atom is 0.695 e. The molecule has 7 nitrogen and oxygen atoms in total. The van der Waals surface area contributed by atoms with Crippen LogP contribution in [0, 0.1) is 0 Å². The Hall–Kier alpha value is -2.64. The van der Waals surface area contributed by atoms with Gasteiger partial charge in [0.25, 0.3) is 0 Å². The third-order valence-corrected chi connectivity index (χ3v) is 4.93. The van der Waals surface area contributed by atoms with Crippen molar-refractivity contribution in [2.45, 2.75) is 6.61 Å². The number of aromatic nitrogens is 2. The summed E-state index contributed by atoms with van der Waals surface area (Å²) in [6.45, 7) is 0.0341. The van der Waals surface area contributed by atoms with Gasteiger partial charge in [0.1, 0.15) is 6.61 Å². The summed E-state index contributed by atoms with van der Waals surface area (Å²) in [5, 5.41) is 9.03. The predicted molar refractivity (Wildman–Crippen MR) is 105 cm³/mol. The van der Waals surface area contributed by atoms with Crippen molar-refractivity contribution in [3.63, 3.8) is 0 Å².